The number of carbonyl (C=O) groups is 4. The maximum absolute atomic E-state index is 12.8. The average molecular weight is 495 g/mol. The van der Waals surface area contributed by atoms with Gasteiger partial charge in [0.15, 0.2) is 5.82 Å². The molecule has 34 heavy (non-hydrogen) atoms. The maximum atomic E-state index is 12.8. The van der Waals surface area contributed by atoms with Gasteiger partial charge in [0.05, 0.1) is 11.5 Å². The summed E-state index contributed by atoms with van der Waals surface area (Å²) in [6.45, 7) is 1.65. The molecule has 2 fully saturated rings. The Labute approximate surface area is 203 Å². The highest BCUT2D eigenvalue weighted by Gasteiger charge is 2.25. The van der Waals surface area contributed by atoms with Crippen LogP contribution in [-0.2, 0) is 25.6 Å². The number of piperidine rings is 1. The van der Waals surface area contributed by atoms with E-state index in [1.807, 2.05) is 0 Å². The van der Waals surface area contributed by atoms with Crippen LogP contribution in [0.25, 0.3) is 0 Å². The van der Waals surface area contributed by atoms with E-state index in [1.54, 1.807) is 4.90 Å². The van der Waals surface area contributed by atoms with Gasteiger partial charge in [-0.25, -0.2) is 0 Å². The number of rotatable bonds is 13. The molecule has 0 spiro atoms. The van der Waals surface area contributed by atoms with Crippen molar-refractivity contribution < 1.29 is 19.2 Å². The quantitative estimate of drug-likeness (QED) is 0.286. The number of likely N-dealkylation sites (tertiary alicyclic amines) is 1. The number of H-pyrrole nitrogens is 1. The van der Waals surface area contributed by atoms with Gasteiger partial charge in [0.2, 0.25) is 23.6 Å². The highest BCUT2D eigenvalue weighted by molar-refractivity contribution is 8.00. The number of hydrogen-bond acceptors (Lipinski definition) is 8. The molecule has 2 aliphatic rings. The number of nitrogens with zero attached hydrogens (tertiary/aromatic N) is 4. The molecule has 4 N–H and O–H groups in total. The zero-order chi connectivity index (χ0) is 24.2. The van der Waals surface area contributed by atoms with Crippen LogP contribution in [0.15, 0.2) is 0 Å². The highest BCUT2D eigenvalue weighted by Crippen LogP contribution is 2.18. The van der Waals surface area contributed by atoms with E-state index in [4.69, 9.17) is 0 Å². The van der Waals surface area contributed by atoms with Gasteiger partial charge in [-0.3, -0.25) is 19.2 Å². The summed E-state index contributed by atoms with van der Waals surface area (Å²) in [4.78, 5) is 50.8. The lowest BCUT2D eigenvalue weighted by atomic mass is 10.1. The van der Waals surface area contributed by atoms with Gasteiger partial charge in [-0.1, -0.05) is 18.1 Å². The standard InChI is InChI=1S/C21H34N8O4S/c30-18(22-10-12-29-11-4-3-7-20(29)32)13-34-14-19(31)24-16(8-9-17-25-27-28-26-17)21(33)23-15-5-1-2-6-15/h15-16H,1-14H2,(H,22,30)(H,23,33)(H,24,31)(H,25,26,27,28). The second-order valence-electron chi connectivity index (χ2n) is 8.66. The summed E-state index contributed by atoms with van der Waals surface area (Å²) in [5.41, 5.74) is 0. The van der Waals surface area contributed by atoms with Crippen LogP contribution >= 0.6 is 11.8 Å². The predicted molar refractivity (Wildman–Crippen MR) is 126 cm³/mol. The molecule has 1 aromatic rings. The first-order chi connectivity index (χ1) is 16.5. The summed E-state index contributed by atoms with van der Waals surface area (Å²) in [6.07, 6.45) is 7.35. The lowest BCUT2D eigenvalue weighted by Crippen LogP contribution is -2.49. The van der Waals surface area contributed by atoms with E-state index < -0.39 is 6.04 Å². The number of aromatic amines is 1. The van der Waals surface area contributed by atoms with Gasteiger partial charge in [0.25, 0.3) is 0 Å². The van der Waals surface area contributed by atoms with Crippen LogP contribution < -0.4 is 16.0 Å². The molecule has 1 aromatic heterocycles. The Morgan fingerprint density at radius 2 is 1.91 bits per heavy atom. The van der Waals surface area contributed by atoms with Gasteiger partial charge >= 0.3 is 0 Å². The van der Waals surface area contributed by atoms with Crippen LogP contribution in [0.1, 0.15) is 57.2 Å². The Kier molecular flexibility index (Phi) is 10.6. The highest BCUT2D eigenvalue weighted by atomic mass is 32.2. The Hall–Kier alpha value is -2.70. The monoisotopic (exact) mass is 494 g/mol. The van der Waals surface area contributed by atoms with Crippen molar-refractivity contribution in [3.05, 3.63) is 5.82 Å². The van der Waals surface area contributed by atoms with E-state index in [0.717, 1.165) is 45.1 Å². The molecule has 4 amide bonds. The lowest BCUT2D eigenvalue weighted by molar-refractivity contribution is -0.133. The van der Waals surface area contributed by atoms with Crippen molar-refractivity contribution in [3.8, 4) is 0 Å². The molecular formula is C21H34N8O4S. The van der Waals surface area contributed by atoms with Crippen molar-refractivity contribution in [2.24, 2.45) is 0 Å². The Balaban J connectivity index is 1.36. The molecule has 1 atom stereocenters. The number of tetrazole rings is 1. The summed E-state index contributed by atoms with van der Waals surface area (Å²) in [5, 5.41) is 22.3. The number of carbonyl (C=O) groups excluding carboxylic acids is 4. The van der Waals surface area contributed by atoms with Crippen molar-refractivity contribution in [1.29, 1.82) is 0 Å². The molecular weight excluding hydrogens is 460 g/mol. The summed E-state index contributed by atoms with van der Waals surface area (Å²) in [7, 11) is 0. The molecule has 12 nitrogen and oxygen atoms in total. The number of hydrogen-bond donors (Lipinski definition) is 4. The Morgan fingerprint density at radius 1 is 1.12 bits per heavy atom. The van der Waals surface area contributed by atoms with Gasteiger partial charge in [-0.15, -0.1) is 22.0 Å². The van der Waals surface area contributed by atoms with Crippen LogP contribution in [-0.4, -0.2) is 92.4 Å². The lowest BCUT2D eigenvalue weighted by Gasteiger charge is -2.26. The number of aryl methyl sites for hydroxylation is 1. The SMILES string of the molecule is O=C(CSCC(=O)NC(CCc1nn[nH]n1)C(=O)NC1CCCC1)NCCN1CCCCC1=O. The van der Waals surface area contributed by atoms with Crippen LogP contribution in [0.2, 0.25) is 0 Å². The molecule has 0 aromatic carbocycles. The molecule has 188 valence electrons. The van der Waals surface area contributed by atoms with Crippen molar-refractivity contribution in [3.63, 3.8) is 0 Å². The summed E-state index contributed by atoms with van der Waals surface area (Å²) < 4.78 is 0. The normalized spacial score (nSPS) is 17.4. The van der Waals surface area contributed by atoms with Crippen molar-refractivity contribution in [2.75, 3.05) is 31.1 Å². The molecule has 1 saturated heterocycles. The number of thioether (sulfide) groups is 1. The van der Waals surface area contributed by atoms with Crippen LogP contribution in [0.5, 0.6) is 0 Å². The molecule has 13 heteroatoms. The first kappa shape index (κ1) is 25.9. The number of aromatic nitrogens is 4. The predicted octanol–water partition coefficient (Wildman–Crippen LogP) is -0.462. The van der Waals surface area contributed by atoms with E-state index >= 15 is 0 Å². The minimum Gasteiger partial charge on any atom is -0.354 e. The van der Waals surface area contributed by atoms with Crippen molar-refractivity contribution in [1.82, 2.24) is 41.5 Å². The molecule has 0 radical (unpaired) electrons. The zero-order valence-corrected chi connectivity index (χ0v) is 20.2. The summed E-state index contributed by atoms with van der Waals surface area (Å²) in [5.74, 6) is 0.101. The molecule has 2 heterocycles. The molecule has 1 unspecified atom stereocenters. The third-order valence-corrected chi connectivity index (χ3v) is 6.92. The van der Waals surface area contributed by atoms with E-state index in [2.05, 4.69) is 36.6 Å². The third-order valence-electron chi connectivity index (χ3n) is 5.99. The van der Waals surface area contributed by atoms with Gasteiger partial charge in [-0.2, -0.15) is 5.21 Å². The number of amides is 4. The Morgan fingerprint density at radius 3 is 2.65 bits per heavy atom. The first-order valence-corrected chi connectivity index (χ1v) is 13.1. The topological polar surface area (TPSA) is 162 Å². The van der Waals surface area contributed by atoms with E-state index in [9.17, 15) is 19.2 Å². The zero-order valence-electron chi connectivity index (χ0n) is 19.4. The van der Waals surface area contributed by atoms with E-state index in [1.165, 1.54) is 11.8 Å². The maximum Gasteiger partial charge on any atom is 0.242 e. The fraction of sp³-hybridized carbons (Fsp3) is 0.762. The molecule has 1 saturated carbocycles. The second-order valence-corrected chi connectivity index (χ2v) is 9.64. The van der Waals surface area contributed by atoms with Gasteiger partial charge in [-0.05, 0) is 32.1 Å². The number of nitrogens with one attached hydrogen (secondary N) is 4. The fourth-order valence-electron chi connectivity index (χ4n) is 4.15. The van der Waals surface area contributed by atoms with Gasteiger partial charge in [0, 0.05) is 38.5 Å². The molecule has 0 bridgehead atoms. The van der Waals surface area contributed by atoms with E-state index in [0.29, 0.717) is 38.2 Å². The van der Waals surface area contributed by atoms with Gasteiger partial charge < -0.3 is 20.9 Å². The van der Waals surface area contributed by atoms with Crippen LogP contribution in [0, 0.1) is 0 Å². The first-order valence-electron chi connectivity index (χ1n) is 12.0. The minimum absolute atomic E-state index is 0.0629. The van der Waals surface area contributed by atoms with Crippen LogP contribution in [0.3, 0.4) is 0 Å². The van der Waals surface area contributed by atoms with E-state index in [-0.39, 0.29) is 41.2 Å². The smallest absolute Gasteiger partial charge is 0.242 e. The average Bonchev–Trinajstić information content (AvgIpc) is 3.52. The van der Waals surface area contributed by atoms with Crippen LogP contribution in [0.4, 0.5) is 0 Å². The molecule has 3 rings (SSSR count). The van der Waals surface area contributed by atoms with Gasteiger partial charge in [0.1, 0.15) is 6.04 Å². The van der Waals surface area contributed by atoms with Crippen molar-refractivity contribution in [2.45, 2.75) is 69.9 Å². The summed E-state index contributed by atoms with van der Waals surface area (Å²) >= 11 is 1.18. The second kappa shape index (κ2) is 13.9. The minimum atomic E-state index is -0.705. The van der Waals surface area contributed by atoms with Crippen molar-refractivity contribution >= 4 is 35.4 Å². The largest absolute Gasteiger partial charge is 0.354 e. The third kappa shape index (κ3) is 8.92. The fourth-order valence-corrected chi connectivity index (χ4v) is 4.81. The molecule has 1 aliphatic carbocycles. The molecule has 1 aliphatic heterocycles. The Bertz CT molecular complexity index is 816. The summed E-state index contributed by atoms with van der Waals surface area (Å²) in [6, 6.07) is -0.557.